The van der Waals surface area contributed by atoms with Crippen LogP contribution in [0.2, 0.25) is 0 Å². The lowest BCUT2D eigenvalue weighted by molar-refractivity contribution is 0.270. The lowest BCUT2D eigenvalue weighted by Gasteiger charge is -2.17. The fourth-order valence-corrected chi connectivity index (χ4v) is 3.91. The summed E-state index contributed by atoms with van der Waals surface area (Å²) in [5, 5.41) is 0. The van der Waals surface area contributed by atoms with Gasteiger partial charge in [-0.05, 0) is 67.7 Å². The van der Waals surface area contributed by atoms with Crippen LogP contribution >= 0.6 is 0 Å². The van der Waals surface area contributed by atoms with Gasteiger partial charge in [0.1, 0.15) is 11.5 Å². The Morgan fingerprint density at radius 1 is 0.735 bits per heavy atom. The highest BCUT2D eigenvalue weighted by atomic mass is 16.5. The second kappa shape index (κ2) is 14.9. The molecule has 0 aliphatic carbocycles. The molecule has 188 valence electrons. The molecule has 2 atom stereocenters. The Bertz CT molecular complexity index is 863. The maximum Gasteiger partial charge on any atom is 0.127 e. The van der Waals surface area contributed by atoms with Gasteiger partial charge in [-0.15, -0.1) is 0 Å². The van der Waals surface area contributed by atoms with E-state index in [4.69, 9.17) is 9.47 Å². The zero-order chi connectivity index (χ0) is 24.9. The van der Waals surface area contributed by atoms with Crippen molar-refractivity contribution >= 4 is 12.2 Å². The van der Waals surface area contributed by atoms with Crippen LogP contribution in [0.4, 0.5) is 0 Å². The molecular weight excluding hydrogens is 416 g/mol. The molecule has 0 radical (unpaired) electrons. The van der Waals surface area contributed by atoms with Crippen LogP contribution in [0.3, 0.4) is 0 Å². The molecule has 0 aliphatic heterocycles. The summed E-state index contributed by atoms with van der Waals surface area (Å²) in [6.45, 7) is 17.2. The third kappa shape index (κ3) is 10.4. The van der Waals surface area contributed by atoms with Crippen LogP contribution in [0, 0.1) is 31.6 Å². The number of benzene rings is 2. The van der Waals surface area contributed by atoms with E-state index in [0.717, 1.165) is 54.6 Å². The second-order valence-corrected chi connectivity index (χ2v) is 10.6. The monoisotopic (exact) mass is 464 g/mol. The Morgan fingerprint density at radius 3 is 2.03 bits per heavy atom. The van der Waals surface area contributed by atoms with Crippen molar-refractivity contribution in [1.29, 1.82) is 0 Å². The lowest BCUT2D eigenvalue weighted by atomic mass is 9.98. The van der Waals surface area contributed by atoms with Gasteiger partial charge in [0.05, 0.1) is 13.2 Å². The summed E-state index contributed by atoms with van der Waals surface area (Å²) < 4.78 is 12.5. The van der Waals surface area contributed by atoms with Crippen molar-refractivity contribution in [3.8, 4) is 11.5 Å². The molecule has 0 N–H and O–H groups in total. The molecule has 2 aromatic rings. The summed E-state index contributed by atoms with van der Waals surface area (Å²) in [5.74, 6) is 4.08. The van der Waals surface area contributed by atoms with Crippen molar-refractivity contribution in [2.24, 2.45) is 17.8 Å². The average Bonchev–Trinajstić information content (AvgIpc) is 2.80. The van der Waals surface area contributed by atoms with Crippen molar-refractivity contribution in [3.63, 3.8) is 0 Å². The van der Waals surface area contributed by atoms with Gasteiger partial charge in [0.2, 0.25) is 0 Å². The molecule has 2 rings (SSSR count). The first-order chi connectivity index (χ1) is 16.3. The van der Waals surface area contributed by atoms with Crippen molar-refractivity contribution in [1.82, 2.24) is 0 Å². The van der Waals surface area contributed by atoms with Crippen LogP contribution in [-0.4, -0.2) is 13.2 Å². The minimum absolute atomic E-state index is 0.686. The van der Waals surface area contributed by atoms with Gasteiger partial charge in [0.15, 0.2) is 0 Å². The summed E-state index contributed by atoms with van der Waals surface area (Å²) in [7, 11) is 0. The molecule has 0 fully saturated rings. The Labute approximate surface area is 209 Å². The van der Waals surface area contributed by atoms with Gasteiger partial charge in [0, 0.05) is 5.56 Å². The Morgan fingerprint density at radius 2 is 1.38 bits per heavy atom. The molecule has 2 unspecified atom stereocenters. The molecule has 0 aromatic heterocycles. The number of hydrogen-bond donors (Lipinski definition) is 0. The average molecular weight is 465 g/mol. The summed E-state index contributed by atoms with van der Waals surface area (Å²) >= 11 is 0. The summed E-state index contributed by atoms with van der Waals surface area (Å²) in [6, 6.07) is 12.9. The smallest absolute Gasteiger partial charge is 0.127 e. The number of aryl methyl sites for hydroxylation is 2. The van der Waals surface area contributed by atoms with E-state index >= 15 is 0 Å². The van der Waals surface area contributed by atoms with Crippen LogP contribution in [0.15, 0.2) is 36.4 Å². The summed E-state index contributed by atoms with van der Waals surface area (Å²) in [5.41, 5.74) is 4.68. The molecule has 2 aromatic carbocycles. The predicted molar refractivity (Wildman–Crippen MR) is 149 cm³/mol. The minimum atomic E-state index is 0.686. The zero-order valence-electron chi connectivity index (χ0n) is 22.8. The van der Waals surface area contributed by atoms with Gasteiger partial charge >= 0.3 is 0 Å². The largest absolute Gasteiger partial charge is 0.493 e. The zero-order valence-corrected chi connectivity index (χ0v) is 22.8. The van der Waals surface area contributed by atoms with Gasteiger partial charge in [0.25, 0.3) is 0 Å². The summed E-state index contributed by atoms with van der Waals surface area (Å²) in [6.07, 6.45) is 11.6. The maximum absolute atomic E-state index is 6.33. The molecule has 0 saturated heterocycles. The van der Waals surface area contributed by atoms with E-state index in [1.165, 1.54) is 36.8 Å². The lowest BCUT2D eigenvalue weighted by Crippen LogP contribution is -2.07. The minimum Gasteiger partial charge on any atom is -0.493 e. The quantitative estimate of drug-likeness (QED) is 0.244. The number of ether oxygens (including phenoxy) is 2. The first kappa shape index (κ1) is 28.0. The molecule has 2 heteroatoms. The highest BCUT2D eigenvalue weighted by molar-refractivity contribution is 5.74. The van der Waals surface area contributed by atoms with Crippen molar-refractivity contribution in [2.75, 3.05) is 13.2 Å². The van der Waals surface area contributed by atoms with Crippen LogP contribution in [0.1, 0.15) is 95.4 Å². The number of hydrogen-bond acceptors (Lipinski definition) is 2. The molecule has 0 amide bonds. The first-order valence-electron chi connectivity index (χ1n) is 13.4. The van der Waals surface area contributed by atoms with Crippen molar-refractivity contribution in [3.05, 3.63) is 58.7 Å². The standard InChI is InChI=1S/C32H48O2/c1-8-25(4)18-20-33-31-23-30(17-16-29-14-12-27(6)13-15-29)32(22-28(31)7)34-21-19-26(5)11-9-10-24(2)3/h12-17,22-26H,8-11,18-21H2,1-7H3. The van der Waals surface area contributed by atoms with Crippen LogP contribution < -0.4 is 9.47 Å². The molecule has 2 nitrogen and oxygen atoms in total. The van der Waals surface area contributed by atoms with Crippen LogP contribution in [0.5, 0.6) is 11.5 Å². The molecule has 0 heterocycles. The van der Waals surface area contributed by atoms with E-state index < -0.39 is 0 Å². The molecule has 0 saturated carbocycles. The normalized spacial score (nSPS) is 13.4. The molecule has 0 aliphatic rings. The Kier molecular flexibility index (Phi) is 12.3. The van der Waals surface area contributed by atoms with Crippen molar-refractivity contribution in [2.45, 2.75) is 87.0 Å². The van der Waals surface area contributed by atoms with E-state index in [9.17, 15) is 0 Å². The van der Waals surface area contributed by atoms with Gasteiger partial charge < -0.3 is 9.47 Å². The van der Waals surface area contributed by atoms with Crippen LogP contribution in [-0.2, 0) is 0 Å². The molecular formula is C32H48O2. The first-order valence-corrected chi connectivity index (χ1v) is 13.4. The highest BCUT2D eigenvalue weighted by Gasteiger charge is 2.11. The topological polar surface area (TPSA) is 18.5 Å². The van der Waals surface area contributed by atoms with Crippen LogP contribution in [0.25, 0.3) is 12.2 Å². The number of rotatable bonds is 15. The van der Waals surface area contributed by atoms with E-state index in [0.29, 0.717) is 11.8 Å². The third-order valence-corrected chi connectivity index (χ3v) is 6.75. The fraction of sp³-hybridized carbons (Fsp3) is 0.562. The van der Waals surface area contributed by atoms with E-state index in [1.54, 1.807) is 0 Å². The van der Waals surface area contributed by atoms with Gasteiger partial charge in [-0.2, -0.15) is 0 Å². The fourth-order valence-electron chi connectivity index (χ4n) is 3.91. The van der Waals surface area contributed by atoms with Gasteiger partial charge in [-0.3, -0.25) is 0 Å². The summed E-state index contributed by atoms with van der Waals surface area (Å²) in [4.78, 5) is 0. The molecule has 34 heavy (non-hydrogen) atoms. The molecule has 0 bridgehead atoms. The molecule has 0 spiro atoms. The predicted octanol–water partition coefficient (Wildman–Crippen LogP) is 9.52. The van der Waals surface area contributed by atoms with Gasteiger partial charge in [-0.1, -0.05) is 102 Å². The SMILES string of the molecule is CCC(C)CCOc1cc(C=Cc2ccc(C)cc2)c(OCCC(C)CCCC(C)C)cc1C. The van der Waals surface area contributed by atoms with Crippen molar-refractivity contribution < 1.29 is 9.47 Å². The highest BCUT2D eigenvalue weighted by Crippen LogP contribution is 2.31. The maximum atomic E-state index is 6.33. The third-order valence-electron chi connectivity index (χ3n) is 6.75. The van der Waals surface area contributed by atoms with E-state index in [-0.39, 0.29) is 0 Å². The van der Waals surface area contributed by atoms with E-state index in [1.807, 2.05) is 0 Å². The van der Waals surface area contributed by atoms with E-state index in [2.05, 4.69) is 97.0 Å². The Balaban J connectivity index is 2.10. The van der Waals surface area contributed by atoms with Gasteiger partial charge in [-0.25, -0.2) is 0 Å². The second-order valence-electron chi connectivity index (χ2n) is 10.6. The Hall–Kier alpha value is -2.22.